The number of phenols is 2. The molecule has 4 aromatic carbocycles. The van der Waals surface area contributed by atoms with E-state index in [9.17, 15) is 10.2 Å². The van der Waals surface area contributed by atoms with Crippen molar-refractivity contribution in [3.63, 3.8) is 0 Å². The molecule has 2 N–H and O–H groups in total. The molecule has 0 fully saturated rings. The summed E-state index contributed by atoms with van der Waals surface area (Å²) in [6.07, 6.45) is 24.3. The van der Waals surface area contributed by atoms with Crippen molar-refractivity contribution in [2.45, 2.75) is 154 Å². The summed E-state index contributed by atoms with van der Waals surface area (Å²) in [5.41, 5.74) is 3.36. The number of hydrogen-bond donors (Lipinski definition) is 2. The molecule has 0 aromatic heterocycles. The second-order valence-electron chi connectivity index (χ2n) is 15.5. The number of halogens is 2. The van der Waals surface area contributed by atoms with Gasteiger partial charge in [0.25, 0.3) is 0 Å². The molecule has 0 saturated carbocycles. The second kappa shape index (κ2) is 27.3. The minimum atomic E-state index is -0.566. The Balaban J connectivity index is 1.41. The third kappa shape index (κ3) is 17.2. The van der Waals surface area contributed by atoms with Crippen molar-refractivity contribution in [1.82, 2.24) is 0 Å². The molecule has 0 aliphatic carbocycles. The molecule has 57 heavy (non-hydrogen) atoms. The van der Waals surface area contributed by atoms with Gasteiger partial charge in [0, 0.05) is 0 Å². The molecule has 0 aliphatic rings. The van der Waals surface area contributed by atoms with Crippen molar-refractivity contribution >= 4 is 23.2 Å². The summed E-state index contributed by atoms with van der Waals surface area (Å²) in [5, 5.41) is 21.3. The van der Waals surface area contributed by atoms with Gasteiger partial charge in [-0.2, -0.15) is 0 Å². The Morgan fingerprint density at radius 1 is 0.404 bits per heavy atom. The van der Waals surface area contributed by atoms with Gasteiger partial charge < -0.3 is 24.4 Å². The van der Waals surface area contributed by atoms with E-state index < -0.39 is 12.2 Å². The lowest BCUT2D eigenvalue weighted by Gasteiger charge is -2.27. The van der Waals surface area contributed by atoms with Crippen molar-refractivity contribution in [3.8, 4) is 23.0 Å². The first-order valence-electron chi connectivity index (χ1n) is 22.0. The molecule has 4 rings (SSSR count). The van der Waals surface area contributed by atoms with Crippen molar-refractivity contribution in [3.05, 3.63) is 117 Å². The molecular formula is C50H68Cl2O5. The normalized spacial score (nSPS) is 12.4. The fraction of sp³-hybridized carbons (Fsp3) is 0.520. The first kappa shape index (κ1) is 46.3. The topological polar surface area (TPSA) is 68.2 Å². The number of unbranched alkanes of at least 4 members (excludes halogenated alkanes) is 18. The van der Waals surface area contributed by atoms with E-state index in [-0.39, 0.29) is 11.5 Å². The van der Waals surface area contributed by atoms with Crippen LogP contribution < -0.4 is 9.47 Å². The van der Waals surface area contributed by atoms with Crippen LogP contribution >= 0.6 is 23.2 Å². The number of benzene rings is 4. The van der Waals surface area contributed by atoms with Gasteiger partial charge in [0.15, 0.2) is 0 Å². The highest BCUT2D eigenvalue weighted by Gasteiger charge is 2.25. The van der Waals surface area contributed by atoms with Gasteiger partial charge in [0.1, 0.15) is 35.2 Å². The fourth-order valence-corrected chi connectivity index (χ4v) is 7.76. The maximum atomic E-state index is 10.1. The summed E-state index contributed by atoms with van der Waals surface area (Å²) >= 11 is 13.7. The Morgan fingerprint density at radius 3 is 1.02 bits per heavy atom. The van der Waals surface area contributed by atoms with Crippen LogP contribution in [0.25, 0.3) is 0 Å². The highest BCUT2D eigenvalue weighted by atomic mass is 35.5. The summed E-state index contributed by atoms with van der Waals surface area (Å²) < 4.78 is 19.3. The third-order valence-electron chi connectivity index (χ3n) is 10.7. The second-order valence-corrected chi connectivity index (χ2v) is 16.3. The molecule has 0 amide bonds. The summed E-state index contributed by atoms with van der Waals surface area (Å²) in [6.45, 7) is 5.76. The molecule has 312 valence electrons. The molecule has 0 spiro atoms. The van der Waals surface area contributed by atoms with Crippen LogP contribution in [0.2, 0.25) is 10.0 Å². The Bertz CT molecular complexity index is 1540. The molecule has 5 nitrogen and oxygen atoms in total. The number of phenolic OH excluding ortho intramolecular Hbond substituents is 2. The van der Waals surface area contributed by atoms with Crippen molar-refractivity contribution in [2.24, 2.45) is 0 Å². The minimum absolute atomic E-state index is 0.168. The van der Waals surface area contributed by atoms with Crippen LogP contribution in [0.15, 0.2) is 84.9 Å². The summed E-state index contributed by atoms with van der Waals surface area (Å²) in [7, 11) is 0. The molecule has 0 saturated heterocycles. The lowest BCUT2D eigenvalue weighted by atomic mass is 9.97. The van der Waals surface area contributed by atoms with Crippen LogP contribution in [0.3, 0.4) is 0 Å². The van der Waals surface area contributed by atoms with E-state index in [0.717, 1.165) is 47.9 Å². The van der Waals surface area contributed by atoms with Gasteiger partial charge in [-0.05, 0) is 83.6 Å². The molecule has 2 atom stereocenters. The van der Waals surface area contributed by atoms with E-state index in [1.807, 2.05) is 60.7 Å². The average molecular weight is 820 g/mol. The molecule has 4 aromatic rings. The molecular weight excluding hydrogens is 751 g/mol. The smallest absolute Gasteiger partial charge is 0.137 e. The van der Waals surface area contributed by atoms with Crippen LogP contribution in [0.4, 0.5) is 0 Å². The summed E-state index contributed by atoms with van der Waals surface area (Å²) in [5.74, 6) is 1.63. The molecule has 2 unspecified atom stereocenters. The van der Waals surface area contributed by atoms with E-state index in [2.05, 4.69) is 13.8 Å². The van der Waals surface area contributed by atoms with Crippen molar-refractivity contribution in [1.29, 1.82) is 0 Å². The lowest BCUT2D eigenvalue weighted by Crippen LogP contribution is -2.14. The van der Waals surface area contributed by atoms with Gasteiger partial charge in [0.05, 0.1) is 23.3 Å². The van der Waals surface area contributed by atoms with E-state index in [0.29, 0.717) is 34.8 Å². The zero-order chi connectivity index (χ0) is 40.5. The molecule has 0 aliphatic heterocycles. The summed E-state index contributed by atoms with van der Waals surface area (Å²) in [4.78, 5) is 0. The van der Waals surface area contributed by atoms with Gasteiger partial charge in [-0.25, -0.2) is 0 Å². The largest absolute Gasteiger partial charge is 0.508 e. The Kier molecular flexibility index (Phi) is 22.2. The van der Waals surface area contributed by atoms with E-state index in [1.54, 1.807) is 24.3 Å². The average Bonchev–Trinajstić information content (AvgIpc) is 3.21. The number of aromatic hydroxyl groups is 2. The zero-order valence-corrected chi connectivity index (χ0v) is 36.2. The Hall–Kier alpha value is -3.38. The highest BCUT2D eigenvalue weighted by molar-refractivity contribution is 6.32. The standard InChI is InChI=1S/C50H68Cl2O5/c1-3-5-7-9-11-13-15-17-19-21-35-55-47-33-27-41(37-45(47)51)49(39-23-29-43(53)30-24-39)57-50(40-25-31-44(54)32-26-40)42-28-34-48(46(52)38-42)56-36-22-20-18-16-14-12-10-8-6-4-2/h23-34,37-38,49-50,53-54H,3-22,35-36H2,1-2H3. The third-order valence-corrected chi connectivity index (χ3v) is 11.3. The lowest BCUT2D eigenvalue weighted by molar-refractivity contribution is 0.0308. The molecule has 0 radical (unpaired) electrons. The maximum Gasteiger partial charge on any atom is 0.137 e. The fourth-order valence-electron chi connectivity index (χ4n) is 7.27. The first-order valence-corrected chi connectivity index (χ1v) is 22.7. The minimum Gasteiger partial charge on any atom is -0.508 e. The van der Waals surface area contributed by atoms with Gasteiger partial charge in [-0.3, -0.25) is 0 Å². The first-order chi connectivity index (χ1) is 27.9. The van der Waals surface area contributed by atoms with Crippen LogP contribution in [-0.4, -0.2) is 23.4 Å². The van der Waals surface area contributed by atoms with E-state index >= 15 is 0 Å². The number of hydrogen-bond acceptors (Lipinski definition) is 5. The van der Waals surface area contributed by atoms with Crippen LogP contribution in [-0.2, 0) is 4.74 Å². The van der Waals surface area contributed by atoms with Gasteiger partial charge in [-0.15, -0.1) is 0 Å². The predicted molar refractivity (Wildman–Crippen MR) is 239 cm³/mol. The van der Waals surface area contributed by atoms with Gasteiger partial charge >= 0.3 is 0 Å². The molecule has 7 heteroatoms. The van der Waals surface area contributed by atoms with Gasteiger partial charge in [-0.1, -0.05) is 189 Å². The zero-order valence-electron chi connectivity index (χ0n) is 34.7. The molecule has 0 bridgehead atoms. The quantitative estimate of drug-likeness (QED) is 0.0513. The Morgan fingerprint density at radius 2 is 0.702 bits per heavy atom. The predicted octanol–water partition coefficient (Wildman–Crippen LogP) is 15.9. The SMILES string of the molecule is CCCCCCCCCCCCOc1ccc(C(OC(c2ccc(O)cc2)c2ccc(OCCCCCCCCCCCC)c(Cl)c2)c2ccc(O)cc2)cc1Cl. The van der Waals surface area contributed by atoms with Crippen molar-refractivity contribution < 1.29 is 24.4 Å². The molecule has 0 heterocycles. The van der Waals surface area contributed by atoms with Crippen LogP contribution in [0.1, 0.15) is 177 Å². The number of ether oxygens (including phenoxy) is 3. The Labute approximate surface area is 354 Å². The van der Waals surface area contributed by atoms with E-state index in [4.69, 9.17) is 37.4 Å². The monoisotopic (exact) mass is 818 g/mol. The van der Waals surface area contributed by atoms with Crippen LogP contribution in [0, 0.1) is 0 Å². The van der Waals surface area contributed by atoms with Gasteiger partial charge in [0.2, 0.25) is 0 Å². The maximum absolute atomic E-state index is 10.1. The van der Waals surface area contributed by atoms with Crippen molar-refractivity contribution in [2.75, 3.05) is 13.2 Å². The van der Waals surface area contributed by atoms with E-state index in [1.165, 1.54) is 103 Å². The highest BCUT2D eigenvalue weighted by Crippen LogP contribution is 2.40. The number of rotatable bonds is 30. The summed E-state index contributed by atoms with van der Waals surface area (Å²) in [6, 6.07) is 25.7. The van der Waals surface area contributed by atoms with Crippen LogP contribution in [0.5, 0.6) is 23.0 Å².